The number of pyridine rings is 1. The highest BCUT2D eigenvalue weighted by Crippen LogP contribution is 2.58. The number of aromatic nitrogens is 1. The molecule has 0 radical (unpaired) electrons. The molecule has 1 saturated carbocycles. The third-order valence-electron chi connectivity index (χ3n) is 4.11. The number of carbonyl (C=O) groups excluding carboxylic acids is 1. The van der Waals surface area contributed by atoms with Crippen molar-refractivity contribution < 1.29 is 14.7 Å². The zero-order valence-electron chi connectivity index (χ0n) is 12.0. The molecule has 1 aromatic heterocycles. The van der Waals surface area contributed by atoms with E-state index >= 15 is 0 Å². The van der Waals surface area contributed by atoms with E-state index < -0.39 is 23.2 Å². The third-order valence-corrected chi connectivity index (χ3v) is 4.11. The predicted molar refractivity (Wildman–Crippen MR) is 73.9 cm³/mol. The molecule has 0 saturated heterocycles. The average Bonchev–Trinajstić information content (AvgIpc) is 2.99. The molecule has 2 atom stereocenters. The summed E-state index contributed by atoms with van der Waals surface area (Å²) in [5, 5.41) is 11.9. The van der Waals surface area contributed by atoms with Crippen LogP contribution in [0.3, 0.4) is 0 Å². The Bertz CT molecular complexity index is 540. The van der Waals surface area contributed by atoms with Gasteiger partial charge >= 0.3 is 5.97 Å². The molecule has 0 aliphatic heterocycles. The molecule has 0 bridgehead atoms. The fraction of sp³-hybridized carbons (Fsp3) is 0.533. The standard InChI is InChI=1S/C15H20N2O3/c1-4-9-5-6-16-10(7-9)8-17-13(18)11-12(14(19)20)15(11,2)3/h5-7,11-12H,4,8H2,1-3H3,(H,17,18)(H,19,20)/t11-,12+/m0/s1. The number of aliphatic carboxylic acids is 1. The summed E-state index contributed by atoms with van der Waals surface area (Å²) in [6.07, 6.45) is 2.64. The summed E-state index contributed by atoms with van der Waals surface area (Å²) in [7, 11) is 0. The van der Waals surface area contributed by atoms with Crippen molar-refractivity contribution in [3.8, 4) is 0 Å². The summed E-state index contributed by atoms with van der Waals surface area (Å²) >= 11 is 0. The lowest BCUT2D eigenvalue weighted by atomic mass is 10.1. The topological polar surface area (TPSA) is 79.3 Å². The number of amides is 1. The number of nitrogens with one attached hydrogen (secondary N) is 1. The first-order chi connectivity index (χ1) is 9.37. The molecule has 2 rings (SSSR count). The van der Waals surface area contributed by atoms with Crippen LogP contribution in [0.4, 0.5) is 0 Å². The summed E-state index contributed by atoms with van der Waals surface area (Å²) in [4.78, 5) is 27.3. The Labute approximate surface area is 118 Å². The largest absolute Gasteiger partial charge is 0.481 e. The van der Waals surface area contributed by atoms with Crippen LogP contribution in [0.1, 0.15) is 32.0 Å². The Balaban J connectivity index is 1.95. The molecule has 5 nitrogen and oxygen atoms in total. The van der Waals surface area contributed by atoms with Crippen molar-refractivity contribution >= 4 is 11.9 Å². The second-order valence-electron chi connectivity index (χ2n) is 5.84. The van der Waals surface area contributed by atoms with Gasteiger partial charge in [0.25, 0.3) is 0 Å². The average molecular weight is 276 g/mol. The van der Waals surface area contributed by atoms with Gasteiger partial charge in [0.15, 0.2) is 0 Å². The lowest BCUT2D eigenvalue weighted by Gasteiger charge is -2.06. The minimum absolute atomic E-state index is 0.203. The lowest BCUT2D eigenvalue weighted by Crippen LogP contribution is -2.27. The van der Waals surface area contributed by atoms with E-state index in [2.05, 4.69) is 17.2 Å². The number of aryl methyl sites for hydroxylation is 1. The highest BCUT2D eigenvalue weighted by Gasteiger charge is 2.65. The molecule has 20 heavy (non-hydrogen) atoms. The van der Waals surface area contributed by atoms with Gasteiger partial charge in [0.2, 0.25) is 5.91 Å². The van der Waals surface area contributed by atoms with Gasteiger partial charge in [-0.1, -0.05) is 20.8 Å². The van der Waals surface area contributed by atoms with Crippen molar-refractivity contribution in [1.82, 2.24) is 10.3 Å². The number of carbonyl (C=O) groups is 2. The molecular formula is C15H20N2O3. The molecule has 1 aliphatic carbocycles. The summed E-state index contributed by atoms with van der Waals surface area (Å²) in [5.74, 6) is -2.14. The Morgan fingerprint density at radius 2 is 2.10 bits per heavy atom. The van der Waals surface area contributed by atoms with Crippen LogP contribution in [0.2, 0.25) is 0 Å². The van der Waals surface area contributed by atoms with Crippen LogP contribution in [-0.4, -0.2) is 22.0 Å². The zero-order chi connectivity index (χ0) is 14.9. The molecular weight excluding hydrogens is 256 g/mol. The second kappa shape index (κ2) is 5.23. The van der Waals surface area contributed by atoms with Gasteiger partial charge in [-0.3, -0.25) is 14.6 Å². The first-order valence-electron chi connectivity index (χ1n) is 6.82. The summed E-state index contributed by atoms with van der Waals surface area (Å²) in [6.45, 7) is 6.02. The van der Waals surface area contributed by atoms with Gasteiger partial charge in [-0.15, -0.1) is 0 Å². The molecule has 1 heterocycles. The molecule has 108 valence electrons. The van der Waals surface area contributed by atoms with Gasteiger partial charge in [0, 0.05) is 6.20 Å². The van der Waals surface area contributed by atoms with Gasteiger partial charge in [-0.05, 0) is 29.5 Å². The van der Waals surface area contributed by atoms with E-state index in [1.807, 2.05) is 26.0 Å². The molecule has 0 spiro atoms. The van der Waals surface area contributed by atoms with Crippen LogP contribution in [-0.2, 0) is 22.6 Å². The lowest BCUT2D eigenvalue weighted by molar-refractivity contribution is -0.140. The van der Waals surface area contributed by atoms with E-state index in [1.54, 1.807) is 6.20 Å². The summed E-state index contributed by atoms with van der Waals surface area (Å²) in [5.41, 5.74) is 1.50. The van der Waals surface area contributed by atoms with Crippen LogP contribution in [0, 0.1) is 17.3 Å². The normalized spacial score (nSPS) is 23.1. The molecule has 0 aromatic carbocycles. The quantitative estimate of drug-likeness (QED) is 0.856. The summed E-state index contributed by atoms with van der Waals surface area (Å²) < 4.78 is 0. The number of carboxylic acid groups (broad SMARTS) is 1. The SMILES string of the molecule is CCc1ccnc(CNC(=O)[C@@H]2[C@H](C(=O)O)C2(C)C)c1. The molecule has 1 amide bonds. The molecule has 1 aliphatic rings. The van der Waals surface area contributed by atoms with Crippen molar-refractivity contribution in [3.63, 3.8) is 0 Å². The zero-order valence-corrected chi connectivity index (χ0v) is 12.0. The van der Waals surface area contributed by atoms with E-state index in [0.29, 0.717) is 6.54 Å². The molecule has 2 N–H and O–H groups in total. The monoisotopic (exact) mass is 276 g/mol. The fourth-order valence-corrected chi connectivity index (χ4v) is 2.72. The van der Waals surface area contributed by atoms with Crippen molar-refractivity contribution in [2.24, 2.45) is 17.3 Å². The Morgan fingerprint density at radius 1 is 1.40 bits per heavy atom. The van der Waals surface area contributed by atoms with E-state index in [-0.39, 0.29) is 5.91 Å². The third kappa shape index (κ3) is 2.66. The highest BCUT2D eigenvalue weighted by molar-refractivity contribution is 5.91. The number of nitrogens with zero attached hydrogens (tertiary/aromatic N) is 1. The number of carboxylic acids is 1. The maximum atomic E-state index is 12.1. The second-order valence-corrected chi connectivity index (χ2v) is 5.84. The summed E-state index contributed by atoms with van der Waals surface area (Å²) in [6, 6.07) is 3.89. The molecule has 5 heteroatoms. The van der Waals surface area contributed by atoms with Gasteiger partial charge in [-0.2, -0.15) is 0 Å². The van der Waals surface area contributed by atoms with Crippen LogP contribution in [0.25, 0.3) is 0 Å². The minimum atomic E-state index is -0.902. The number of hydrogen-bond donors (Lipinski definition) is 2. The highest BCUT2D eigenvalue weighted by atomic mass is 16.4. The smallest absolute Gasteiger partial charge is 0.307 e. The molecule has 1 aromatic rings. The van der Waals surface area contributed by atoms with Crippen LogP contribution >= 0.6 is 0 Å². The van der Waals surface area contributed by atoms with Crippen molar-refractivity contribution in [1.29, 1.82) is 0 Å². The van der Waals surface area contributed by atoms with Crippen LogP contribution < -0.4 is 5.32 Å². The van der Waals surface area contributed by atoms with E-state index in [4.69, 9.17) is 5.11 Å². The van der Waals surface area contributed by atoms with E-state index in [0.717, 1.165) is 12.1 Å². The van der Waals surface area contributed by atoms with Crippen molar-refractivity contribution in [2.45, 2.75) is 33.7 Å². The first kappa shape index (κ1) is 14.5. The van der Waals surface area contributed by atoms with Gasteiger partial charge in [0.05, 0.1) is 24.1 Å². The van der Waals surface area contributed by atoms with Crippen LogP contribution in [0.15, 0.2) is 18.3 Å². The maximum Gasteiger partial charge on any atom is 0.307 e. The Hall–Kier alpha value is -1.91. The number of rotatable bonds is 5. The fourth-order valence-electron chi connectivity index (χ4n) is 2.72. The van der Waals surface area contributed by atoms with E-state index in [9.17, 15) is 9.59 Å². The maximum absolute atomic E-state index is 12.1. The van der Waals surface area contributed by atoms with Crippen molar-refractivity contribution in [3.05, 3.63) is 29.6 Å². The predicted octanol–water partition coefficient (Wildman–Crippen LogP) is 1.62. The van der Waals surface area contributed by atoms with Crippen LogP contribution in [0.5, 0.6) is 0 Å². The van der Waals surface area contributed by atoms with Crippen molar-refractivity contribution in [2.75, 3.05) is 0 Å². The first-order valence-corrected chi connectivity index (χ1v) is 6.82. The minimum Gasteiger partial charge on any atom is -0.481 e. The number of hydrogen-bond acceptors (Lipinski definition) is 3. The Morgan fingerprint density at radius 3 is 2.65 bits per heavy atom. The molecule has 0 unspecified atom stereocenters. The van der Waals surface area contributed by atoms with Gasteiger partial charge < -0.3 is 10.4 Å². The van der Waals surface area contributed by atoms with Gasteiger partial charge in [0.1, 0.15) is 0 Å². The molecule has 1 fully saturated rings. The van der Waals surface area contributed by atoms with Gasteiger partial charge in [-0.25, -0.2) is 0 Å². The Kier molecular flexibility index (Phi) is 3.79. The van der Waals surface area contributed by atoms with E-state index in [1.165, 1.54) is 5.56 Å².